The van der Waals surface area contributed by atoms with Crippen molar-refractivity contribution in [3.8, 4) is 0 Å². The first-order valence-corrected chi connectivity index (χ1v) is 27.3. The second-order valence-corrected chi connectivity index (χ2v) is 42.9. The summed E-state index contributed by atoms with van der Waals surface area (Å²) in [4.78, 5) is 0. The summed E-state index contributed by atoms with van der Waals surface area (Å²) >= 11 is -4.90. The molecule has 0 atom stereocenters. The first kappa shape index (κ1) is 35.8. The van der Waals surface area contributed by atoms with Crippen molar-refractivity contribution in [3.05, 3.63) is 181 Å². The summed E-state index contributed by atoms with van der Waals surface area (Å²) in [5.41, 5.74) is -10.7. The van der Waals surface area contributed by atoms with E-state index in [1.54, 1.807) is 121 Å². The zero-order valence-electron chi connectivity index (χ0n) is 25.5. The molecule has 0 spiro atoms. The molecule has 0 aliphatic rings. The average Bonchev–Trinajstić information content (AvgIpc) is 3.10. The third-order valence-corrected chi connectivity index (χ3v) is 54.1. The van der Waals surface area contributed by atoms with Crippen LogP contribution in [0.15, 0.2) is 170 Å². The Morgan fingerprint density at radius 1 is 0.347 bits per heavy atom. The fourth-order valence-electron chi connectivity index (χ4n) is 6.47. The first-order valence-electron chi connectivity index (χ1n) is 15.0. The molecular formula is C38H30Cl2F6P2Pd. The van der Waals surface area contributed by atoms with Crippen molar-refractivity contribution in [2.45, 2.75) is 12.4 Å². The van der Waals surface area contributed by atoms with Crippen molar-refractivity contribution in [2.24, 2.45) is 0 Å². The van der Waals surface area contributed by atoms with Gasteiger partial charge in [0.15, 0.2) is 0 Å². The van der Waals surface area contributed by atoms with Gasteiger partial charge in [0.2, 0.25) is 0 Å². The molecule has 0 aliphatic carbocycles. The van der Waals surface area contributed by atoms with E-state index in [4.69, 9.17) is 19.1 Å². The Bertz CT molecular complexity index is 1800. The van der Waals surface area contributed by atoms with Gasteiger partial charge in [-0.15, -0.1) is 0 Å². The third-order valence-electron chi connectivity index (χ3n) is 8.38. The van der Waals surface area contributed by atoms with E-state index in [1.807, 2.05) is 0 Å². The molecule has 6 aromatic rings. The molecule has 0 aromatic heterocycles. The Hall–Kier alpha value is -3.00. The number of alkyl halides is 6. The number of hydrogen-bond acceptors (Lipinski definition) is 0. The van der Waals surface area contributed by atoms with E-state index < -0.39 is 46.9 Å². The van der Waals surface area contributed by atoms with Gasteiger partial charge in [-0.3, -0.25) is 0 Å². The summed E-state index contributed by atoms with van der Waals surface area (Å²) in [6.45, 7) is 0. The van der Waals surface area contributed by atoms with Crippen LogP contribution in [-0.4, -0.2) is 0 Å². The van der Waals surface area contributed by atoms with Crippen LogP contribution in [0.2, 0.25) is 0 Å². The van der Waals surface area contributed by atoms with Crippen LogP contribution in [0, 0.1) is 0 Å². The van der Waals surface area contributed by atoms with Crippen LogP contribution in [0.4, 0.5) is 26.3 Å². The van der Waals surface area contributed by atoms with Gasteiger partial charge in [-0.05, 0) is 0 Å². The van der Waals surface area contributed by atoms with Gasteiger partial charge in [0.05, 0.1) is 0 Å². The molecule has 0 radical (unpaired) electrons. The van der Waals surface area contributed by atoms with Crippen molar-refractivity contribution in [3.63, 3.8) is 0 Å². The fourth-order valence-corrected chi connectivity index (χ4v) is 62.3. The van der Waals surface area contributed by atoms with Crippen LogP contribution >= 0.6 is 30.0 Å². The Kier molecular flexibility index (Phi) is 10.2. The van der Waals surface area contributed by atoms with E-state index in [0.29, 0.717) is 21.2 Å². The first-order chi connectivity index (χ1) is 23.4. The molecule has 49 heavy (non-hydrogen) atoms. The Morgan fingerprint density at radius 2 is 0.571 bits per heavy atom. The number of benzene rings is 6. The van der Waals surface area contributed by atoms with E-state index in [9.17, 15) is 0 Å². The molecule has 6 aromatic carbocycles. The average molecular weight is 840 g/mol. The molecule has 0 aliphatic heterocycles. The normalized spacial score (nSPS) is 13.9. The van der Waals surface area contributed by atoms with E-state index in [0.717, 1.165) is 12.1 Å². The molecule has 6 rings (SSSR count). The molecule has 0 bridgehead atoms. The second kappa shape index (κ2) is 14.0. The monoisotopic (exact) mass is 838 g/mol. The zero-order chi connectivity index (χ0) is 34.9. The fraction of sp³-hybridized carbons (Fsp3) is 0.0526. The van der Waals surface area contributed by atoms with Gasteiger partial charge in [-0.25, -0.2) is 0 Å². The van der Waals surface area contributed by atoms with Crippen LogP contribution < -0.4 is 31.8 Å². The minimum atomic E-state index is -4.90. The summed E-state index contributed by atoms with van der Waals surface area (Å²) in [5.74, 6) is 0. The molecule has 0 nitrogen and oxygen atoms in total. The zero-order valence-corrected chi connectivity index (χ0v) is 30.6. The molecule has 0 saturated carbocycles. The van der Waals surface area contributed by atoms with Crippen LogP contribution in [0.1, 0.15) is 11.1 Å². The van der Waals surface area contributed by atoms with Crippen LogP contribution in [0.3, 0.4) is 0 Å². The second-order valence-electron chi connectivity index (χ2n) is 11.1. The number of rotatable bonds is 8. The molecule has 258 valence electrons. The van der Waals surface area contributed by atoms with E-state index >= 15 is 26.3 Å². The standard InChI is InChI=1S/2C19H14F3P.2ClH.Pd/c2*20-19(21,22)17-13-7-8-14-18(17)23(15-9-3-1-4-10-15)16-11-5-2-6-12-16;;;/h2*1-14H;2*1H;. The van der Waals surface area contributed by atoms with Gasteiger partial charge in [0.25, 0.3) is 0 Å². The Morgan fingerprint density at radius 3 is 0.816 bits per heavy atom. The Labute approximate surface area is 292 Å². The Balaban J connectivity index is 1.96. The van der Waals surface area contributed by atoms with E-state index in [2.05, 4.69) is 0 Å². The third kappa shape index (κ3) is 6.08. The molecule has 0 heterocycles. The number of hydrogen-bond donors (Lipinski definition) is 0. The topological polar surface area (TPSA) is 0 Å². The maximum atomic E-state index is 15.3. The molecule has 0 unspecified atom stereocenters. The van der Waals surface area contributed by atoms with Crippen molar-refractivity contribution in [2.75, 3.05) is 0 Å². The van der Waals surface area contributed by atoms with Crippen molar-refractivity contribution < 1.29 is 38.8 Å². The summed E-state index contributed by atoms with van der Waals surface area (Å²) in [5, 5.41) is 1.74. The van der Waals surface area contributed by atoms with Gasteiger partial charge < -0.3 is 0 Å². The van der Waals surface area contributed by atoms with Crippen molar-refractivity contribution in [1.82, 2.24) is 0 Å². The van der Waals surface area contributed by atoms with Crippen LogP contribution in [-0.2, 0) is 24.9 Å². The minimum absolute atomic E-state index is 0.0878. The van der Waals surface area contributed by atoms with Gasteiger partial charge in [0, 0.05) is 0 Å². The molecule has 0 saturated heterocycles. The van der Waals surface area contributed by atoms with Gasteiger partial charge >= 0.3 is 294 Å². The quantitative estimate of drug-likeness (QED) is 0.0814. The molecule has 0 N–H and O–H groups in total. The van der Waals surface area contributed by atoms with Gasteiger partial charge in [0.1, 0.15) is 0 Å². The predicted octanol–water partition coefficient (Wildman–Crippen LogP) is 9.77. The summed E-state index contributed by atoms with van der Waals surface area (Å²) in [6, 6.07) is 45.1. The summed E-state index contributed by atoms with van der Waals surface area (Å²) in [7, 11) is 16.7. The predicted molar refractivity (Wildman–Crippen MR) is 195 cm³/mol. The number of halogens is 8. The maximum absolute atomic E-state index is 15.3. The summed E-state index contributed by atoms with van der Waals surface area (Å²) < 4.78 is 91.8. The van der Waals surface area contributed by atoms with Crippen molar-refractivity contribution in [1.29, 1.82) is 0 Å². The van der Waals surface area contributed by atoms with Crippen molar-refractivity contribution >= 4 is 61.8 Å². The van der Waals surface area contributed by atoms with Gasteiger partial charge in [-0.2, -0.15) is 0 Å². The molecular weight excluding hydrogens is 810 g/mol. The van der Waals surface area contributed by atoms with Crippen LogP contribution in [0.5, 0.6) is 0 Å². The molecule has 11 heteroatoms. The molecule has 0 fully saturated rings. The van der Waals surface area contributed by atoms with E-state index in [1.165, 1.54) is 36.4 Å². The SMILES string of the molecule is FC(F)(F)c1ccccc1[PH](c1ccccc1)(c1ccccc1)[Pd]([Cl])([Cl])[PH](c1ccccc1)(c1ccccc1)c1ccccc1C(F)(F)F. The summed E-state index contributed by atoms with van der Waals surface area (Å²) in [6.07, 6.45) is -9.65. The van der Waals surface area contributed by atoms with Gasteiger partial charge in [-0.1, -0.05) is 0 Å². The van der Waals surface area contributed by atoms with E-state index in [-0.39, 0.29) is 10.6 Å². The van der Waals surface area contributed by atoms with Crippen LogP contribution in [0.25, 0.3) is 0 Å². The molecule has 0 amide bonds.